The van der Waals surface area contributed by atoms with Crippen LogP contribution in [-0.2, 0) is 20.1 Å². The number of nitrogens with zero attached hydrogens (tertiary/aromatic N) is 4. The first-order chi connectivity index (χ1) is 9.19. The van der Waals surface area contributed by atoms with Gasteiger partial charge in [-0.05, 0) is 31.0 Å². The summed E-state index contributed by atoms with van der Waals surface area (Å²) in [6, 6.07) is 4.01. The molecule has 2 aromatic heterocycles. The predicted octanol–water partition coefficient (Wildman–Crippen LogP) is 1.87. The average Bonchev–Trinajstić information content (AvgIpc) is 2.98. The van der Waals surface area contributed by atoms with Gasteiger partial charge in [0.2, 0.25) is 0 Å². The van der Waals surface area contributed by atoms with E-state index in [1.54, 1.807) is 11.9 Å². The highest BCUT2D eigenvalue weighted by Gasteiger charge is 2.19. The molecule has 19 heavy (non-hydrogen) atoms. The number of aromatic nitrogens is 3. The van der Waals surface area contributed by atoms with E-state index in [0.29, 0.717) is 0 Å². The van der Waals surface area contributed by atoms with Crippen molar-refractivity contribution in [1.29, 1.82) is 0 Å². The second-order valence-electron chi connectivity index (χ2n) is 4.70. The van der Waals surface area contributed by atoms with Crippen LogP contribution in [0.4, 0.5) is 0 Å². The Morgan fingerprint density at radius 2 is 2.26 bits per heavy atom. The third kappa shape index (κ3) is 2.21. The maximum Gasteiger partial charge on any atom is 0.166 e. The Bertz CT molecular complexity index is 616. The molecule has 2 aromatic rings. The number of rotatable bonds is 3. The van der Waals surface area contributed by atoms with Gasteiger partial charge in [-0.1, -0.05) is 0 Å². The van der Waals surface area contributed by atoms with Crippen LogP contribution in [-0.4, -0.2) is 31.5 Å². The second kappa shape index (κ2) is 4.86. The molecule has 0 fully saturated rings. The summed E-state index contributed by atoms with van der Waals surface area (Å²) in [4.78, 5) is 12.1. The van der Waals surface area contributed by atoms with Gasteiger partial charge in [-0.15, -0.1) is 0 Å². The second-order valence-corrected chi connectivity index (χ2v) is 5.84. The predicted molar refractivity (Wildman–Crippen MR) is 74.0 cm³/mol. The van der Waals surface area contributed by atoms with Crippen molar-refractivity contribution >= 4 is 18.2 Å². The fraction of sp³-hybridized carbons (Fsp3) is 0.385. The van der Waals surface area contributed by atoms with Crippen molar-refractivity contribution in [2.75, 3.05) is 6.54 Å². The molecule has 0 atom stereocenters. The summed E-state index contributed by atoms with van der Waals surface area (Å²) in [6.07, 6.45) is 2.75. The molecule has 6 heteroatoms. The molecule has 0 amide bonds. The molecule has 0 radical (unpaired) electrons. The fourth-order valence-electron chi connectivity index (χ4n) is 2.28. The lowest BCUT2D eigenvalue weighted by Gasteiger charge is -2.26. The lowest BCUT2D eigenvalue weighted by atomic mass is 10.3. The van der Waals surface area contributed by atoms with Crippen LogP contribution in [0.2, 0.25) is 0 Å². The topological polar surface area (TPSA) is 43.1 Å². The van der Waals surface area contributed by atoms with Gasteiger partial charge in [0, 0.05) is 30.4 Å². The minimum absolute atomic E-state index is 0.724. The smallest absolute Gasteiger partial charge is 0.166 e. The van der Waals surface area contributed by atoms with Crippen molar-refractivity contribution in [2.24, 2.45) is 7.05 Å². The molecule has 0 saturated heterocycles. The molecule has 0 spiro atoms. The fourth-order valence-corrected chi connectivity index (χ4v) is 3.37. The quantitative estimate of drug-likeness (QED) is 0.634. The number of hydrogen-bond acceptors (Lipinski definition) is 4. The molecule has 0 aliphatic carbocycles. The molecule has 1 aliphatic heterocycles. The lowest BCUT2D eigenvalue weighted by Crippen LogP contribution is -2.28. The van der Waals surface area contributed by atoms with Crippen LogP contribution in [0.1, 0.15) is 21.9 Å². The minimum atomic E-state index is 0.724. The monoisotopic (exact) mass is 276 g/mol. The summed E-state index contributed by atoms with van der Waals surface area (Å²) >= 11 is 1.72. The Morgan fingerprint density at radius 1 is 1.42 bits per heavy atom. The van der Waals surface area contributed by atoms with Gasteiger partial charge >= 0.3 is 0 Å². The molecule has 3 heterocycles. The molecule has 0 aromatic carbocycles. The van der Waals surface area contributed by atoms with Crippen LogP contribution >= 0.6 is 11.9 Å². The highest BCUT2D eigenvalue weighted by Crippen LogP contribution is 2.30. The Balaban J connectivity index is 1.78. The third-order valence-electron chi connectivity index (χ3n) is 3.58. The Hall–Kier alpha value is -1.53. The Kier molecular flexibility index (Phi) is 3.20. The van der Waals surface area contributed by atoms with E-state index in [9.17, 15) is 4.79 Å². The van der Waals surface area contributed by atoms with Gasteiger partial charge in [-0.25, -0.2) is 4.31 Å². The zero-order chi connectivity index (χ0) is 13.4. The summed E-state index contributed by atoms with van der Waals surface area (Å²) in [5, 5.41) is 4.28. The SMILES string of the molecule is Cc1c(SN2CCn3nccc3C2)cc(C=O)n1C. The van der Waals surface area contributed by atoms with Crippen LogP contribution in [0.15, 0.2) is 23.2 Å². The van der Waals surface area contributed by atoms with Gasteiger partial charge in [0.15, 0.2) is 6.29 Å². The summed E-state index contributed by atoms with van der Waals surface area (Å²) in [7, 11) is 1.93. The molecule has 5 nitrogen and oxygen atoms in total. The normalized spacial score (nSPS) is 15.5. The van der Waals surface area contributed by atoms with E-state index >= 15 is 0 Å². The number of hydrogen-bond donors (Lipinski definition) is 0. The summed E-state index contributed by atoms with van der Waals surface area (Å²) in [6.45, 7) is 4.81. The third-order valence-corrected chi connectivity index (χ3v) is 4.76. The van der Waals surface area contributed by atoms with Crippen LogP contribution in [0, 0.1) is 6.92 Å². The highest BCUT2D eigenvalue weighted by molar-refractivity contribution is 7.97. The van der Waals surface area contributed by atoms with Gasteiger partial charge in [0.05, 0.1) is 24.5 Å². The summed E-state index contributed by atoms with van der Waals surface area (Å²) in [5.41, 5.74) is 3.09. The van der Waals surface area contributed by atoms with Crippen molar-refractivity contribution in [3.05, 3.63) is 35.4 Å². The molecule has 0 unspecified atom stereocenters. The van der Waals surface area contributed by atoms with Crippen LogP contribution in [0.5, 0.6) is 0 Å². The largest absolute Gasteiger partial charge is 0.345 e. The van der Waals surface area contributed by atoms with Crippen LogP contribution < -0.4 is 0 Å². The molecule has 0 bridgehead atoms. The van der Waals surface area contributed by atoms with Gasteiger partial charge < -0.3 is 4.57 Å². The van der Waals surface area contributed by atoms with Crippen LogP contribution in [0.3, 0.4) is 0 Å². The van der Waals surface area contributed by atoms with Crippen molar-refractivity contribution in [2.45, 2.75) is 24.9 Å². The van der Waals surface area contributed by atoms with Gasteiger partial charge in [-0.2, -0.15) is 5.10 Å². The van der Waals surface area contributed by atoms with Gasteiger partial charge in [-0.3, -0.25) is 9.48 Å². The lowest BCUT2D eigenvalue weighted by molar-refractivity contribution is 0.111. The van der Waals surface area contributed by atoms with Crippen molar-refractivity contribution in [3.8, 4) is 0 Å². The molecule has 0 N–H and O–H groups in total. The van der Waals surface area contributed by atoms with Gasteiger partial charge in [0.25, 0.3) is 0 Å². The molecule has 1 aliphatic rings. The van der Waals surface area contributed by atoms with Crippen molar-refractivity contribution < 1.29 is 4.79 Å². The number of aldehydes is 1. The number of carbonyl (C=O) groups is 1. The van der Waals surface area contributed by atoms with E-state index in [1.165, 1.54) is 5.69 Å². The van der Waals surface area contributed by atoms with E-state index in [-0.39, 0.29) is 0 Å². The zero-order valence-electron chi connectivity index (χ0n) is 11.0. The Labute approximate surface area is 116 Å². The molecule has 3 rings (SSSR count). The standard InChI is InChI=1S/C13H16N4OS/c1-10-13(7-12(9-18)15(10)2)19-16-5-6-17-11(8-16)3-4-14-17/h3-4,7,9H,5-6,8H2,1-2H3. The van der Waals surface area contributed by atoms with E-state index in [0.717, 1.165) is 42.2 Å². The highest BCUT2D eigenvalue weighted by atomic mass is 32.2. The van der Waals surface area contributed by atoms with Crippen LogP contribution in [0.25, 0.3) is 0 Å². The first-order valence-corrected chi connectivity index (χ1v) is 7.01. The number of fused-ring (bicyclic) bond motifs is 1. The summed E-state index contributed by atoms with van der Waals surface area (Å²) < 4.78 is 6.29. The van der Waals surface area contributed by atoms with E-state index in [2.05, 4.69) is 15.5 Å². The minimum Gasteiger partial charge on any atom is -0.345 e. The van der Waals surface area contributed by atoms with E-state index < -0.39 is 0 Å². The van der Waals surface area contributed by atoms with Crippen molar-refractivity contribution in [1.82, 2.24) is 18.7 Å². The Morgan fingerprint density at radius 3 is 3.00 bits per heavy atom. The molecular weight excluding hydrogens is 260 g/mol. The van der Waals surface area contributed by atoms with Gasteiger partial charge in [0.1, 0.15) is 0 Å². The molecular formula is C13H16N4OS. The first-order valence-electron chi connectivity index (χ1n) is 6.24. The van der Waals surface area contributed by atoms with E-state index in [1.807, 2.05) is 35.5 Å². The van der Waals surface area contributed by atoms with Crippen molar-refractivity contribution in [3.63, 3.8) is 0 Å². The maximum absolute atomic E-state index is 11.0. The zero-order valence-corrected chi connectivity index (χ0v) is 11.9. The first kappa shape index (κ1) is 12.5. The number of carbonyl (C=O) groups excluding carboxylic acids is 1. The summed E-state index contributed by atoms with van der Waals surface area (Å²) in [5.74, 6) is 0. The molecule has 100 valence electrons. The molecule has 0 saturated carbocycles. The maximum atomic E-state index is 11.0. The average molecular weight is 276 g/mol. The van der Waals surface area contributed by atoms with E-state index in [4.69, 9.17) is 0 Å².